The molecule has 0 unspecified atom stereocenters. The fourth-order valence-corrected chi connectivity index (χ4v) is 3.71. The number of hydrogen-bond acceptors (Lipinski definition) is 3. The highest BCUT2D eigenvalue weighted by Crippen LogP contribution is 2.37. The van der Waals surface area contributed by atoms with Crippen LogP contribution < -0.4 is 5.32 Å². The molecular weight excluding hydrogens is 312 g/mol. The van der Waals surface area contributed by atoms with Crippen molar-refractivity contribution in [3.8, 4) is 0 Å². The number of halogens is 1. The van der Waals surface area contributed by atoms with Gasteiger partial charge in [-0.05, 0) is 37.7 Å². The van der Waals surface area contributed by atoms with Crippen LogP contribution in [0.2, 0.25) is 0 Å². The lowest BCUT2D eigenvalue weighted by Gasteiger charge is -2.12. The average molecular weight is 331 g/mol. The normalized spacial score (nSPS) is 19.9. The molecule has 0 radical (unpaired) electrons. The van der Waals surface area contributed by atoms with Crippen LogP contribution in [0.4, 0.5) is 0 Å². The number of carbonyl (C=O) groups excluding carboxylic acids is 1. The first kappa shape index (κ1) is 14.9. The van der Waals surface area contributed by atoms with Gasteiger partial charge >= 0.3 is 0 Å². The third-order valence-electron chi connectivity index (χ3n) is 4.30. The Morgan fingerprint density at radius 2 is 1.95 bits per heavy atom. The van der Waals surface area contributed by atoms with Crippen molar-refractivity contribution in [3.63, 3.8) is 0 Å². The van der Waals surface area contributed by atoms with Crippen molar-refractivity contribution in [2.24, 2.45) is 5.92 Å². The van der Waals surface area contributed by atoms with Gasteiger partial charge in [-0.3, -0.25) is 4.79 Å². The highest BCUT2D eigenvalue weighted by atomic mass is 35.7. The molecule has 21 heavy (non-hydrogen) atoms. The van der Waals surface area contributed by atoms with E-state index in [0.29, 0.717) is 18.2 Å². The molecular formula is C14H19ClN2O3S. The molecule has 2 aliphatic rings. The topological polar surface area (TPSA) is 68.2 Å². The second kappa shape index (κ2) is 5.65. The molecule has 1 amide bonds. The Labute approximate surface area is 129 Å². The fraction of sp³-hybridized carbons (Fsp3) is 0.643. The molecule has 0 aliphatic heterocycles. The van der Waals surface area contributed by atoms with Crippen LogP contribution in [0, 0.1) is 5.92 Å². The predicted molar refractivity (Wildman–Crippen MR) is 80.0 cm³/mol. The maximum absolute atomic E-state index is 12.3. The van der Waals surface area contributed by atoms with Crippen LogP contribution in [0.3, 0.4) is 0 Å². The molecule has 2 fully saturated rings. The van der Waals surface area contributed by atoms with Gasteiger partial charge in [-0.2, -0.15) is 0 Å². The summed E-state index contributed by atoms with van der Waals surface area (Å²) in [6.45, 7) is 0.664. The molecule has 0 bridgehead atoms. The van der Waals surface area contributed by atoms with Crippen molar-refractivity contribution in [2.45, 2.75) is 49.5 Å². The molecule has 7 heteroatoms. The van der Waals surface area contributed by atoms with Crippen LogP contribution in [-0.4, -0.2) is 25.4 Å². The predicted octanol–water partition coefficient (Wildman–Crippen LogP) is 2.67. The van der Waals surface area contributed by atoms with Crippen molar-refractivity contribution in [2.75, 3.05) is 6.54 Å². The van der Waals surface area contributed by atoms with Crippen LogP contribution in [0.25, 0.3) is 0 Å². The molecule has 0 atom stereocenters. The molecule has 0 aromatic carbocycles. The zero-order chi connectivity index (χ0) is 15.0. The zero-order valence-corrected chi connectivity index (χ0v) is 13.3. The van der Waals surface area contributed by atoms with E-state index in [9.17, 15) is 13.2 Å². The zero-order valence-electron chi connectivity index (χ0n) is 11.7. The van der Waals surface area contributed by atoms with Crippen molar-refractivity contribution in [1.82, 2.24) is 9.88 Å². The number of nitrogens with one attached hydrogen (secondary N) is 1. The maximum atomic E-state index is 12.3. The van der Waals surface area contributed by atoms with E-state index in [1.54, 1.807) is 4.57 Å². The Kier molecular flexibility index (Phi) is 4.01. The highest BCUT2D eigenvalue weighted by Gasteiger charge is 2.30. The smallest absolute Gasteiger partial charge is 0.267 e. The molecule has 1 N–H and O–H groups in total. The van der Waals surface area contributed by atoms with Gasteiger partial charge in [-0.1, -0.05) is 12.8 Å². The fourth-order valence-electron chi connectivity index (χ4n) is 2.97. The van der Waals surface area contributed by atoms with Crippen molar-refractivity contribution < 1.29 is 13.2 Å². The Morgan fingerprint density at radius 1 is 1.29 bits per heavy atom. The minimum atomic E-state index is -3.80. The van der Waals surface area contributed by atoms with E-state index < -0.39 is 9.05 Å². The monoisotopic (exact) mass is 330 g/mol. The lowest BCUT2D eigenvalue weighted by molar-refractivity contribution is 0.0938. The van der Waals surface area contributed by atoms with Gasteiger partial charge in [0, 0.05) is 29.5 Å². The SMILES string of the molecule is O=C(NCC1CCCC1)c1cc(S(=O)(=O)Cl)cn1C1CC1. The molecule has 5 nitrogen and oxygen atoms in total. The molecule has 116 valence electrons. The summed E-state index contributed by atoms with van der Waals surface area (Å²) in [5, 5.41) is 2.93. The lowest BCUT2D eigenvalue weighted by atomic mass is 10.1. The van der Waals surface area contributed by atoms with Crippen LogP contribution in [0.15, 0.2) is 17.2 Å². The first-order chi connectivity index (χ1) is 9.95. The van der Waals surface area contributed by atoms with Gasteiger partial charge in [0.05, 0.1) is 0 Å². The van der Waals surface area contributed by atoms with Crippen LogP contribution in [-0.2, 0) is 9.05 Å². The molecule has 0 spiro atoms. The third-order valence-corrected chi connectivity index (χ3v) is 5.62. The maximum Gasteiger partial charge on any atom is 0.267 e. The number of carbonyl (C=O) groups is 1. The first-order valence-corrected chi connectivity index (χ1v) is 9.71. The number of rotatable bonds is 5. The first-order valence-electron chi connectivity index (χ1n) is 7.40. The lowest BCUT2D eigenvalue weighted by Crippen LogP contribution is -2.29. The molecule has 1 heterocycles. The van der Waals surface area contributed by atoms with E-state index in [2.05, 4.69) is 5.32 Å². The van der Waals surface area contributed by atoms with Crippen LogP contribution in [0.1, 0.15) is 55.1 Å². The van der Waals surface area contributed by atoms with E-state index in [-0.39, 0.29) is 16.8 Å². The minimum absolute atomic E-state index is 0.00193. The van der Waals surface area contributed by atoms with Crippen molar-refractivity contribution in [3.05, 3.63) is 18.0 Å². The van der Waals surface area contributed by atoms with E-state index >= 15 is 0 Å². The van der Waals surface area contributed by atoms with Gasteiger partial charge in [0.2, 0.25) is 0 Å². The summed E-state index contributed by atoms with van der Waals surface area (Å²) in [5.41, 5.74) is 0.398. The van der Waals surface area contributed by atoms with Gasteiger partial charge in [-0.15, -0.1) is 0 Å². The van der Waals surface area contributed by atoms with E-state index in [4.69, 9.17) is 10.7 Å². The quantitative estimate of drug-likeness (QED) is 0.844. The highest BCUT2D eigenvalue weighted by molar-refractivity contribution is 8.13. The number of amides is 1. The number of aromatic nitrogens is 1. The summed E-state index contributed by atoms with van der Waals surface area (Å²) >= 11 is 0. The molecule has 1 aromatic heterocycles. The molecule has 2 saturated carbocycles. The van der Waals surface area contributed by atoms with E-state index in [1.165, 1.54) is 25.1 Å². The summed E-state index contributed by atoms with van der Waals surface area (Å²) in [6, 6.07) is 1.61. The molecule has 1 aromatic rings. The summed E-state index contributed by atoms with van der Waals surface area (Å²) in [7, 11) is 1.58. The third kappa shape index (κ3) is 3.43. The van der Waals surface area contributed by atoms with E-state index in [1.807, 2.05) is 0 Å². The van der Waals surface area contributed by atoms with E-state index in [0.717, 1.165) is 25.7 Å². The Morgan fingerprint density at radius 3 is 2.52 bits per heavy atom. The van der Waals surface area contributed by atoms with Gasteiger partial charge in [0.25, 0.3) is 15.0 Å². The molecule has 3 rings (SSSR count). The Balaban J connectivity index is 1.76. The van der Waals surface area contributed by atoms with Crippen molar-refractivity contribution >= 4 is 25.6 Å². The van der Waals surface area contributed by atoms with Gasteiger partial charge < -0.3 is 9.88 Å². The summed E-state index contributed by atoms with van der Waals surface area (Å²) < 4.78 is 24.7. The summed E-state index contributed by atoms with van der Waals surface area (Å²) in [4.78, 5) is 12.3. The molecule has 0 saturated heterocycles. The summed E-state index contributed by atoms with van der Waals surface area (Å²) in [6.07, 6.45) is 8.20. The second-order valence-electron chi connectivity index (χ2n) is 6.00. The second-order valence-corrected chi connectivity index (χ2v) is 8.56. The standard InChI is InChI=1S/C14H19ClN2O3S/c15-21(19,20)12-7-13(17(9-12)11-5-6-11)14(18)16-8-10-3-1-2-4-10/h7,9-11H,1-6,8H2,(H,16,18). The Hall–Kier alpha value is -1.01. The summed E-state index contributed by atoms with van der Waals surface area (Å²) in [5.74, 6) is 0.342. The van der Waals surface area contributed by atoms with Gasteiger partial charge in [0.1, 0.15) is 10.6 Å². The largest absolute Gasteiger partial charge is 0.350 e. The van der Waals surface area contributed by atoms with Crippen LogP contribution >= 0.6 is 10.7 Å². The van der Waals surface area contributed by atoms with Crippen LogP contribution in [0.5, 0.6) is 0 Å². The van der Waals surface area contributed by atoms with Crippen molar-refractivity contribution in [1.29, 1.82) is 0 Å². The Bertz CT molecular complexity index is 643. The molecule has 2 aliphatic carbocycles. The number of hydrogen-bond donors (Lipinski definition) is 1. The average Bonchev–Trinajstić information content (AvgIpc) is 2.96. The number of nitrogens with zero attached hydrogens (tertiary/aromatic N) is 1. The minimum Gasteiger partial charge on any atom is -0.350 e. The van der Waals surface area contributed by atoms with Gasteiger partial charge in [0.15, 0.2) is 0 Å². The van der Waals surface area contributed by atoms with Gasteiger partial charge in [-0.25, -0.2) is 8.42 Å².